The molecule has 0 bridgehead atoms. The summed E-state index contributed by atoms with van der Waals surface area (Å²) in [6.07, 6.45) is 6.02. The van der Waals surface area contributed by atoms with Gasteiger partial charge in [-0.1, -0.05) is 6.08 Å². The van der Waals surface area contributed by atoms with Gasteiger partial charge >= 0.3 is 0 Å². The van der Waals surface area contributed by atoms with Gasteiger partial charge in [-0.25, -0.2) is 0 Å². The molecule has 0 saturated carbocycles. The summed E-state index contributed by atoms with van der Waals surface area (Å²) in [5, 5.41) is 3.26. The van der Waals surface area contributed by atoms with Gasteiger partial charge in [0.25, 0.3) is 0 Å². The molecule has 3 heteroatoms. The second kappa shape index (κ2) is 2.75. The van der Waals surface area contributed by atoms with E-state index in [1.807, 2.05) is 12.3 Å². The molecule has 0 radical (unpaired) electrons. The number of hydrogen-bond donors (Lipinski definition) is 2. The maximum absolute atomic E-state index is 4.50. The van der Waals surface area contributed by atoms with E-state index in [1.165, 1.54) is 5.57 Å². The molecular weight excluding hydrogens is 168 g/mol. The van der Waals surface area contributed by atoms with Crippen LogP contribution in [0.15, 0.2) is 28.9 Å². The average Bonchev–Trinajstić information content (AvgIpc) is 2.31. The van der Waals surface area contributed by atoms with Gasteiger partial charge in [0.15, 0.2) is 0 Å². The summed E-state index contributed by atoms with van der Waals surface area (Å²) in [5.74, 6) is 0. The predicted molar refractivity (Wildman–Crippen MR) is 54.9 cm³/mol. The summed E-state index contributed by atoms with van der Waals surface area (Å²) in [5.41, 5.74) is 2.45. The van der Waals surface area contributed by atoms with Crippen molar-refractivity contribution in [2.24, 2.45) is 4.99 Å². The van der Waals surface area contributed by atoms with Crippen molar-refractivity contribution in [3.05, 3.63) is 23.9 Å². The highest BCUT2D eigenvalue weighted by Crippen LogP contribution is 2.23. The van der Waals surface area contributed by atoms with Gasteiger partial charge in [-0.3, -0.25) is 4.99 Å². The van der Waals surface area contributed by atoms with Gasteiger partial charge in [-0.15, -0.1) is 0 Å². The Kier molecular flexibility index (Phi) is 1.85. The number of hydrogen-bond acceptors (Lipinski definition) is 3. The zero-order valence-electron chi connectivity index (χ0n) is 7.04. The van der Waals surface area contributed by atoms with Gasteiger partial charge in [0.1, 0.15) is 0 Å². The zero-order valence-corrected chi connectivity index (χ0v) is 7.94. The second-order valence-electron chi connectivity index (χ2n) is 3.39. The average molecular weight is 180 g/mol. The number of rotatable bonds is 0. The zero-order chi connectivity index (χ0) is 8.60. The first-order chi connectivity index (χ1) is 5.67. The molecule has 64 valence electrons. The van der Waals surface area contributed by atoms with Crippen LogP contribution < -0.4 is 5.32 Å². The van der Waals surface area contributed by atoms with Crippen LogP contribution in [-0.2, 0) is 0 Å². The van der Waals surface area contributed by atoms with E-state index in [0.717, 1.165) is 18.8 Å². The molecule has 1 fully saturated rings. The normalized spacial score (nSPS) is 33.8. The van der Waals surface area contributed by atoms with Crippen LogP contribution in [0.5, 0.6) is 0 Å². The minimum atomic E-state index is -0.146. The van der Waals surface area contributed by atoms with Crippen LogP contribution in [-0.4, -0.2) is 23.5 Å². The van der Waals surface area contributed by atoms with E-state index in [-0.39, 0.29) is 4.75 Å². The predicted octanol–water partition coefficient (Wildman–Crippen LogP) is 1.17. The summed E-state index contributed by atoms with van der Waals surface area (Å²) in [6.45, 7) is 3.88. The molecule has 0 aliphatic carbocycles. The first kappa shape index (κ1) is 8.08. The third kappa shape index (κ3) is 1.47. The van der Waals surface area contributed by atoms with Crippen LogP contribution >= 0.6 is 12.6 Å². The van der Waals surface area contributed by atoms with Crippen LogP contribution in [0.3, 0.4) is 0 Å². The minimum Gasteiger partial charge on any atom is -0.307 e. The highest BCUT2D eigenvalue weighted by Gasteiger charge is 2.21. The van der Waals surface area contributed by atoms with Crippen LogP contribution in [0.25, 0.3) is 0 Å². The summed E-state index contributed by atoms with van der Waals surface area (Å²) < 4.78 is -0.146. The maximum Gasteiger partial charge on any atom is 0.0583 e. The van der Waals surface area contributed by atoms with E-state index in [2.05, 4.69) is 35.9 Å². The van der Waals surface area contributed by atoms with Crippen molar-refractivity contribution in [3.8, 4) is 0 Å². The summed E-state index contributed by atoms with van der Waals surface area (Å²) in [4.78, 5) is 4.34. The van der Waals surface area contributed by atoms with Gasteiger partial charge in [0.2, 0.25) is 0 Å². The van der Waals surface area contributed by atoms with Gasteiger partial charge in [0, 0.05) is 24.0 Å². The van der Waals surface area contributed by atoms with Crippen molar-refractivity contribution in [3.63, 3.8) is 0 Å². The minimum absolute atomic E-state index is 0.146. The monoisotopic (exact) mass is 180 g/mol. The smallest absolute Gasteiger partial charge is 0.0583 e. The van der Waals surface area contributed by atoms with Crippen LogP contribution in [0.4, 0.5) is 0 Å². The van der Waals surface area contributed by atoms with Crippen LogP contribution in [0.2, 0.25) is 0 Å². The second-order valence-corrected chi connectivity index (χ2v) is 4.35. The number of nitrogens with zero attached hydrogens (tertiary/aromatic N) is 1. The van der Waals surface area contributed by atoms with Crippen LogP contribution in [0.1, 0.15) is 6.92 Å². The first-order valence-corrected chi connectivity index (χ1v) is 4.52. The van der Waals surface area contributed by atoms with Gasteiger partial charge in [0.05, 0.1) is 5.71 Å². The molecule has 12 heavy (non-hydrogen) atoms. The lowest BCUT2D eigenvalue weighted by molar-refractivity contribution is 0.896. The van der Waals surface area contributed by atoms with Gasteiger partial charge in [-0.2, -0.15) is 12.6 Å². The van der Waals surface area contributed by atoms with E-state index >= 15 is 0 Å². The molecule has 0 amide bonds. The first-order valence-electron chi connectivity index (χ1n) is 4.07. The van der Waals surface area contributed by atoms with E-state index in [0.29, 0.717) is 0 Å². The Morgan fingerprint density at radius 2 is 2.42 bits per heavy atom. The van der Waals surface area contributed by atoms with Crippen molar-refractivity contribution in [1.82, 2.24) is 5.32 Å². The number of fused-ring (bicyclic) bond motifs is 1. The number of nitrogens with one attached hydrogen (secondary N) is 1. The lowest BCUT2D eigenvalue weighted by Crippen LogP contribution is -2.10. The number of thiol groups is 1. The van der Waals surface area contributed by atoms with Crippen molar-refractivity contribution < 1.29 is 0 Å². The van der Waals surface area contributed by atoms with Gasteiger partial charge < -0.3 is 5.32 Å². The highest BCUT2D eigenvalue weighted by molar-refractivity contribution is 7.82. The Bertz CT molecular complexity index is 287. The molecule has 2 heterocycles. The molecule has 0 aromatic heterocycles. The molecule has 0 aromatic rings. The molecule has 2 rings (SSSR count). The SMILES string of the molecule is CC1(S)C=CN=C2CNCC2=C1. The molecular formula is C9H12N2S. The fourth-order valence-corrected chi connectivity index (χ4v) is 1.70. The van der Waals surface area contributed by atoms with E-state index in [1.54, 1.807) is 0 Å². The lowest BCUT2D eigenvalue weighted by atomic mass is 10.1. The molecule has 2 aliphatic rings. The highest BCUT2D eigenvalue weighted by atomic mass is 32.1. The Labute approximate surface area is 77.9 Å². The Hall–Kier alpha value is -0.540. The summed E-state index contributed by atoms with van der Waals surface area (Å²) in [7, 11) is 0. The third-order valence-electron chi connectivity index (χ3n) is 2.09. The molecule has 1 N–H and O–H groups in total. The lowest BCUT2D eigenvalue weighted by Gasteiger charge is -2.12. The number of aliphatic imine (C=N–C) groups is 1. The van der Waals surface area contributed by atoms with E-state index in [4.69, 9.17) is 0 Å². The van der Waals surface area contributed by atoms with Crippen molar-refractivity contribution in [2.45, 2.75) is 11.7 Å². The molecule has 2 aliphatic heterocycles. The Morgan fingerprint density at radius 1 is 1.58 bits per heavy atom. The van der Waals surface area contributed by atoms with Crippen molar-refractivity contribution in [2.75, 3.05) is 13.1 Å². The Balaban J connectivity index is 2.40. The molecule has 1 atom stereocenters. The van der Waals surface area contributed by atoms with E-state index < -0.39 is 0 Å². The van der Waals surface area contributed by atoms with Crippen molar-refractivity contribution >= 4 is 18.3 Å². The fourth-order valence-electron chi connectivity index (χ4n) is 1.47. The summed E-state index contributed by atoms with van der Waals surface area (Å²) >= 11 is 4.50. The summed E-state index contributed by atoms with van der Waals surface area (Å²) in [6, 6.07) is 0. The standard InChI is InChI=1S/C9H12N2S/c1-9(12)2-3-11-8-6-10-5-7(8)4-9/h2-4,10,12H,5-6H2,1H3. The molecule has 2 nitrogen and oxygen atoms in total. The topological polar surface area (TPSA) is 24.4 Å². The maximum atomic E-state index is 4.50. The fraction of sp³-hybridized carbons (Fsp3) is 0.444. The molecule has 0 spiro atoms. The van der Waals surface area contributed by atoms with E-state index in [9.17, 15) is 0 Å². The van der Waals surface area contributed by atoms with Crippen LogP contribution in [0, 0.1) is 0 Å². The quantitative estimate of drug-likeness (QED) is 0.537. The van der Waals surface area contributed by atoms with Crippen molar-refractivity contribution in [1.29, 1.82) is 0 Å². The largest absolute Gasteiger partial charge is 0.307 e. The van der Waals surface area contributed by atoms with Gasteiger partial charge in [-0.05, 0) is 18.6 Å². The third-order valence-corrected chi connectivity index (χ3v) is 2.37. The molecule has 0 aromatic carbocycles. The molecule has 1 saturated heterocycles. The molecule has 1 unspecified atom stereocenters. The Morgan fingerprint density at radius 3 is 3.25 bits per heavy atom.